The van der Waals surface area contributed by atoms with E-state index in [0.717, 1.165) is 10.1 Å². The summed E-state index contributed by atoms with van der Waals surface area (Å²) >= 11 is 0. The van der Waals surface area contributed by atoms with Crippen molar-refractivity contribution in [2.24, 2.45) is 0 Å². The summed E-state index contributed by atoms with van der Waals surface area (Å²) in [6.45, 7) is 3.28. The minimum atomic E-state index is -0.898. The number of nitrogens with zero attached hydrogens (tertiary/aromatic N) is 1. The average Bonchev–Trinajstić information content (AvgIpc) is 2.61. The maximum absolute atomic E-state index is 12.0. The van der Waals surface area contributed by atoms with E-state index < -0.39 is 23.4 Å². The summed E-state index contributed by atoms with van der Waals surface area (Å²) in [6.07, 6.45) is 3.29. The van der Waals surface area contributed by atoms with Crippen LogP contribution in [0.25, 0.3) is 0 Å². The number of hydrogen-bond donors (Lipinski definition) is 2. The number of carbonyl (C=O) groups is 1. The minimum absolute atomic E-state index is 0.0431. The van der Waals surface area contributed by atoms with E-state index in [0.29, 0.717) is 0 Å². The molecular formula is C17H16N3O5. The first kappa shape index (κ1) is 17.9. The van der Waals surface area contributed by atoms with Crippen LogP contribution in [0.4, 0.5) is 4.79 Å². The van der Waals surface area contributed by atoms with Crippen LogP contribution in [0, 0.1) is 0 Å². The van der Waals surface area contributed by atoms with Crippen molar-refractivity contribution in [3.05, 3.63) is 81.1 Å². The highest BCUT2D eigenvalue weighted by Gasteiger charge is 2.17. The van der Waals surface area contributed by atoms with E-state index in [4.69, 9.17) is 4.74 Å². The first-order chi connectivity index (χ1) is 12.0. The maximum Gasteiger partial charge on any atom is 0.408 e. The molecule has 25 heavy (non-hydrogen) atoms. The average molecular weight is 342 g/mol. The number of nitrogens with one attached hydrogen (secondary N) is 2. The number of H-pyrrole nitrogens is 1. The molecule has 0 aliphatic rings. The quantitative estimate of drug-likeness (QED) is 0.723. The molecule has 2 N–H and O–H groups in total. The topological polar surface area (TPSA) is 110 Å². The lowest BCUT2D eigenvalue weighted by Crippen LogP contribution is -2.37. The molecule has 1 amide bonds. The summed E-state index contributed by atoms with van der Waals surface area (Å²) in [6, 6.07) is 8.18. The van der Waals surface area contributed by atoms with Crippen LogP contribution in [0.2, 0.25) is 0 Å². The van der Waals surface area contributed by atoms with E-state index in [-0.39, 0.29) is 18.7 Å². The number of rotatable bonds is 7. The third-order valence-corrected chi connectivity index (χ3v) is 3.33. The molecule has 0 saturated heterocycles. The van der Waals surface area contributed by atoms with E-state index in [1.54, 1.807) is 18.4 Å². The summed E-state index contributed by atoms with van der Waals surface area (Å²) in [4.78, 5) is 48.0. The van der Waals surface area contributed by atoms with Gasteiger partial charge < -0.3 is 10.1 Å². The summed E-state index contributed by atoms with van der Waals surface area (Å²) in [5.41, 5.74) is -0.589. The Hall–Kier alpha value is -3.42. The zero-order valence-corrected chi connectivity index (χ0v) is 13.2. The molecule has 1 aromatic carbocycles. The highest BCUT2D eigenvalue weighted by Crippen LogP contribution is 2.09. The second-order valence-electron chi connectivity index (χ2n) is 5.04. The van der Waals surface area contributed by atoms with Crippen molar-refractivity contribution >= 4 is 12.4 Å². The van der Waals surface area contributed by atoms with Crippen LogP contribution in [-0.2, 0) is 22.7 Å². The molecule has 1 aromatic heterocycles. The summed E-state index contributed by atoms with van der Waals surface area (Å²) in [7, 11) is 0. The fourth-order valence-electron chi connectivity index (χ4n) is 2.09. The molecule has 8 nitrogen and oxygen atoms in total. The van der Waals surface area contributed by atoms with Gasteiger partial charge in [0.25, 0.3) is 5.56 Å². The lowest BCUT2D eigenvalue weighted by atomic mass is 10.1. The molecule has 1 radical (unpaired) electrons. The molecule has 0 saturated carbocycles. The van der Waals surface area contributed by atoms with Crippen molar-refractivity contribution in [1.82, 2.24) is 14.9 Å². The van der Waals surface area contributed by atoms with Crippen molar-refractivity contribution in [2.75, 3.05) is 0 Å². The molecule has 1 unspecified atom stereocenters. The predicted octanol–water partition coefficient (Wildman–Crippen LogP) is 0.800. The smallest absolute Gasteiger partial charge is 0.408 e. The number of hydrogen-bond acceptors (Lipinski definition) is 5. The minimum Gasteiger partial charge on any atom is -0.445 e. The van der Waals surface area contributed by atoms with Gasteiger partial charge in [-0.3, -0.25) is 19.1 Å². The van der Waals surface area contributed by atoms with E-state index in [2.05, 4.69) is 16.9 Å². The van der Waals surface area contributed by atoms with Gasteiger partial charge in [0.05, 0.1) is 18.2 Å². The molecule has 2 aromatic rings. The van der Waals surface area contributed by atoms with Crippen LogP contribution in [0.15, 0.2) is 58.8 Å². The molecule has 129 valence electrons. The highest BCUT2D eigenvalue weighted by molar-refractivity contribution is 5.68. The molecule has 2 rings (SSSR count). The lowest BCUT2D eigenvalue weighted by molar-refractivity contribution is 0.137. The van der Waals surface area contributed by atoms with Crippen molar-refractivity contribution in [1.29, 1.82) is 0 Å². The van der Waals surface area contributed by atoms with Crippen molar-refractivity contribution in [3.8, 4) is 0 Å². The van der Waals surface area contributed by atoms with E-state index >= 15 is 0 Å². The number of benzene rings is 1. The van der Waals surface area contributed by atoms with Gasteiger partial charge in [0.2, 0.25) is 6.29 Å². The second-order valence-corrected chi connectivity index (χ2v) is 5.04. The van der Waals surface area contributed by atoms with E-state index in [1.807, 2.05) is 18.2 Å². The normalized spacial score (nSPS) is 11.4. The molecule has 1 heterocycles. The first-order valence-electron chi connectivity index (χ1n) is 7.33. The fourth-order valence-corrected chi connectivity index (χ4v) is 2.09. The van der Waals surface area contributed by atoms with Gasteiger partial charge in [-0.05, 0) is 5.56 Å². The fraction of sp³-hybridized carbons (Fsp3) is 0.176. The summed E-state index contributed by atoms with van der Waals surface area (Å²) < 4.78 is 6.05. The molecule has 0 fully saturated rings. The standard InChI is InChI=1S/C17H16N3O5/c1-2-14(13-10-20(8-9-21)16(23)19-15(13)22)18-17(24)25-11-12-6-4-3-5-7-12/h2-7,10,14H,1,8,11H2,(H,18,24)(H,19,22,23). The Kier molecular flexibility index (Phi) is 6.05. The van der Waals surface area contributed by atoms with E-state index in [9.17, 15) is 19.2 Å². The SMILES string of the molecule is C=CC(NC(=O)OCc1ccccc1)c1cn(C[C]=O)c(=O)[nH]c1=O. The van der Waals surface area contributed by atoms with Crippen LogP contribution in [-0.4, -0.2) is 21.9 Å². The Balaban J connectivity index is 2.11. The Morgan fingerprint density at radius 3 is 2.72 bits per heavy atom. The second kappa shape index (κ2) is 8.44. The molecule has 1 atom stereocenters. The molecule has 0 aliphatic heterocycles. The number of aromatic amines is 1. The number of ether oxygens (including phenoxy) is 1. The number of carbonyl (C=O) groups excluding carboxylic acids is 2. The van der Waals surface area contributed by atoms with Gasteiger partial charge in [0, 0.05) is 6.20 Å². The van der Waals surface area contributed by atoms with Gasteiger partial charge in [-0.15, -0.1) is 6.58 Å². The van der Waals surface area contributed by atoms with Crippen molar-refractivity contribution < 1.29 is 14.3 Å². The Labute approximate surface area is 142 Å². The van der Waals surface area contributed by atoms with E-state index in [1.165, 1.54) is 12.3 Å². The number of aromatic nitrogens is 2. The summed E-state index contributed by atoms with van der Waals surface area (Å²) in [5, 5.41) is 2.47. The van der Waals surface area contributed by atoms with Crippen LogP contribution in [0.5, 0.6) is 0 Å². The van der Waals surface area contributed by atoms with Gasteiger partial charge in [-0.25, -0.2) is 9.59 Å². The molecule has 8 heteroatoms. The van der Waals surface area contributed by atoms with Crippen molar-refractivity contribution in [2.45, 2.75) is 19.2 Å². The van der Waals surface area contributed by atoms with Crippen LogP contribution < -0.4 is 16.6 Å². The van der Waals surface area contributed by atoms with Gasteiger partial charge in [0.15, 0.2) is 0 Å². The monoisotopic (exact) mass is 342 g/mol. The van der Waals surface area contributed by atoms with Crippen LogP contribution >= 0.6 is 0 Å². The lowest BCUT2D eigenvalue weighted by Gasteiger charge is -2.15. The molecular weight excluding hydrogens is 326 g/mol. The van der Waals surface area contributed by atoms with Gasteiger partial charge in [0.1, 0.15) is 6.61 Å². The molecule has 0 spiro atoms. The third-order valence-electron chi connectivity index (χ3n) is 3.33. The predicted molar refractivity (Wildman–Crippen MR) is 89.7 cm³/mol. The van der Waals surface area contributed by atoms with Crippen LogP contribution in [0.1, 0.15) is 17.2 Å². The first-order valence-corrected chi connectivity index (χ1v) is 7.33. The number of amides is 1. The zero-order valence-electron chi connectivity index (χ0n) is 13.2. The van der Waals surface area contributed by atoms with Gasteiger partial charge in [-0.1, -0.05) is 36.4 Å². The Morgan fingerprint density at radius 1 is 1.36 bits per heavy atom. The molecule has 0 aliphatic carbocycles. The Morgan fingerprint density at radius 2 is 2.08 bits per heavy atom. The maximum atomic E-state index is 12.0. The molecule has 0 bridgehead atoms. The number of alkyl carbamates (subject to hydrolysis) is 1. The Bertz CT molecular complexity index is 870. The van der Waals surface area contributed by atoms with Gasteiger partial charge in [-0.2, -0.15) is 0 Å². The summed E-state index contributed by atoms with van der Waals surface area (Å²) in [5.74, 6) is 0. The largest absolute Gasteiger partial charge is 0.445 e. The van der Waals surface area contributed by atoms with Crippen molar-refractivity contribution in [3.63, 3.8) is 0 Å². The highest BCUT2D eigenvalue weighted by atomic mass is 16.5. The van der Waals surface area contributed by atoms with Gasteiger partial charge >= 0.3 is 11.8 Å². The van der Waals surface area contributed by atoms with Crippen LogP contribution in [0.3, 0.4) is 0 Å². The zero-order chi connectivity index (χ0) is 18.2. The third kappa shape index (κ3) is 4.77.